The lowest BCUT2D eigenvalue weighted by atomic mass is 10.1. The van der Waals surface area contributed by atoms with Crippen LogP contribution in [0.5, 0.6) is 0 Å². The van der Waals surface area contributed by atoms with Crippen molar-refractivity contribution in [2.24, 2.45) is 0 Å². The van der Waals surface area contributed by atoms with Crippen molar-refractivity contribution in [3.63, 3.8) is 0 Å². The zero-order chi connectivity index (χ0) is 28.3. The van der Waals surface area contributed by atoms with Crippen molar-refractivity contribution in [2.75, 3.05) is 18.4 Å². The number of hydrogen-bond acceptors (Lipinski definition) is 8. The first-order valence-corrected chi connectivity index (χ1v) is 13.6. The number of aryl methyl sites for hydroxylation is 2. The number of ketones is 1. The Labute approximate surface area is 227 Å². The lowest BCUT2D eigenvalue weighted by Crippen LogP contribution is -2.36. The summed E-state index contributed by atoms with van der Waals surface area (Å²) in [4.78, 5) is 61.0. The van der Waals surface area contributed by atoms with Crippen molar-refractivity contribution in [3.05, 3.63) is 38.5 Å². The van der Waals surface area contributed by atoms with Crippen LogP contribution in [0.25, 0.3) is 22.6 Å². The Morgan fingerprint density at radius 3 is 2.59 bits per heavy atom. The summed E-state index contributed by atoms with van der Waals surface area (Å²) < 4.78 is 7.42. The lowest BCUT2D eigenvalue weighted by molar-refractivity contribution is -0.117. The number of aromatic amines is 1. The highest BCUT2D eigenvalue weighted by molar-refractivity contribution is 5.84. The normalized spacial score (nSPS) is 15.7. The molecule has 0 saturated carbocycles. The van der Waals surface area contributed by atoms with Gasteiger partial charge in [-0.2, -0.15) is 4.98 Å². The average Bonchev–Trinajstić information content (AvgIpc) is 3.29. The molecule has 0 bridgehead atoms. The van der Waals surface area contributed by atoms with Crippen LogP contribution in [-0.4, -0.2) is 61.0 Å². The number of hydrogen-bond donors (Lipinski definition) is 2. The second kappa shape index (κ2) is 11.5. The molecule has 3 aliphatic heterocycles. The molecule has 4 rings (SSSR count). The summed E-state index contributed by atoms with van der Waals surface area (Å²) in [5, 5.41) is 3.57. The molecule has 1 unspecified atom stereocenters. The summed E-state index contributed by atoms with van der Waals surface area (Å²) in [5.41, 5.74) is 1.55. The minimum Gasteiger partial charge on any atom is -0.444 e. The minimum absolute atomic E-state index is 0.0472. The van der Waals surface area contributed by atoms with E-state index in [2.05, 4.69) is 20.3 Å². The number of anilines is 1. The monoisotopic (exact) mass is 538 g/mol. The molecule has 0 aromatic heterocycles. The van der Waals surface area contributed by atoms with Gasteiger partial charge in [0.25, 0.3) is 5.56 Å². The fourth-order valence-electron chi connectivity index (χ4n) is 4.92. The third kappa shape index (κ3) is 7.01. The largest absolute Gasteiger partial charge is 0.444 e. The molecule has 1 amide bonds. The first-order valence-electron chi connectivity index (χ1n) is 13.6. The molecule has 210 valence electrons. The van der Waals surface area contributed by atoms with Gasteiger partial charge in [-0.25, -0.2) is 14.6 Å². The van der Waals surface area contributed by atoms with Gasteiger partial charge in [0.15, 0.2) is 11.5 Å². The number of Topliss-reactive ketones (excluding diaryl/α,β-unsaturated/α-hetero) is 1. The van der Waals surface area contributed by atoms with Crippen LogP contribution in [0.4, 0.5) is 10.5 Å². The molecule has 11 heteroatoms. The number of unbranched alkanes of at least 4 members (excludes halogenated alkanes) is 3. The molecule has 0 radical (unpaired) electrons. The Bertz CT molecular complexity index is 1450. The first-order chi connectivity index (χ1) is 18.4. The Morgan fingerprint density at radius 1 is 1.13 bits per heavy atom. The van der Waals surface area contributed by atoms with Gasteiger partial charge in [-0.15, -0.1) is 0 Å². The number of aromatic nitrogens is 4. The molecule has 1 aromatic rings. The summed E-state index contributed by atoms with van der Waals surface area (Å²) in [6.07, 6.45) is 4.50. The van der Waals surface area contributed by atoms with E-state index in [1.807, 2.05) is 44.4 Å². The number of amides is 1. The Morgan fingerprint density at radius 2 is 1.87 bits per heavy atom. The van der Waals surface area contributed by atoms with Crippen LogP contribution < -0.4 is 16.6 Å². The van der Waals surface area contributed by atoms with Crippen LogP contribution in [0.2, 0.25) is 0 Å². The number of fused-ring (bicyclic) bond motifs is 2. The molecule has 1 fully saturated rings. The highest BCUT2D eigenvalue weighted by atomic mass is 16.6. The van der Waals surface area contributed by atoms with Gasteiger partial charge < -0.3 is 24.3 Å². The summed E-state index contributed by atoms with van der Waals surface area (Å²) in [5.74, 6) is 0.445. The van der Waals surface area contributed by atoms with Crippen molar-refractivity contribution >= 4 is 28.6 Å². The summed E-state index contributed by atoms with van der Waals surface area (Å²) in [7, 11) is 0. The van der Waals surface area contributed by atoms with Crippen LogP contribution in [0.3, 0.4) is 0 Å². The number of nitrogens with zero attached hydrogens (tertiary/aromatic N) is 4. The second-order valence-electron chi connectivity index (χ2n) is 11.4. The zero-order valence-electron chi connectivity index (χ0n) is 23.4. The predicted molar refractivity (Wildman–Crippen MR) is 149 cm³/mol. The Kier molecular flexibility index (Phi) is 8.36. The molecule has 3 aliphatic rings. The number of benzene rings is 1. The second-order valence-corrected chi connectivity index (χ2v) is 11.4. The summed E-state index contributed by atoms with van der Waals surface area (Å²) in [6.45, 7) is 10.8. The molecule has 3 heterocycles. The fourth-order valence-corrected chi connectivity index (χ4v) is 4.92. The molecule has 11 nitrogen and oxygen atoms in total. The Hall–Kier alpha value is -3.76. The fraction of sp³-hybridized carbons (Fsp3) is 0.571. The number of ether oxygens (including phenoxy) is 1. The van der Waals surface area contributed by atoms with Gasteiger partial charge in [0, 0.05) is 37.8 Å². The maximum Gasteiger partial charge on any atom is 0.410 e. The van der Waals surface area contributed by atoms with Gasteiger partial charge >= 0.3 is 11.8 Å². The summed E-state index contributed by atoms with van der Waals surface area (Å²) in [6, 6.07) is 3.95. The molecule has 0 spiro atoms. The predicted octanol–water partition coefficient (Wildman–Crippen LogP) is 3.85. The SMILES string of the molecule is CC(=O)CCCCCCn1c2nc(=O)[nH]c(=O)c-2nc2cc(C)c(NC3CCN(C(=O)OC(C)(C)C)C3)cc21. The molecule has 1 saturated heterocycles. The third-order valence-electron chi connectivity index (χ3n) is 6.82. The van der Waals surface area contributed by atoms with Crippen LogP contribution in [0.15, 0.2) is 21.7 Å². The number of rotatable bonds is 9. The van der Waals surface area contributed by atoms with Crippen LogP contribution in [-0.2, 0) is 16.1 Å². The molecule has 1 aromatic carbocycles. The quantitative estimate of drug-likeness (QED) is 0.309. The van der Waals surface area contributed by atoms with Gasteiger partial charge in [-0.1, -0.05) is 12.8 Å². The van der Waals surface area contributed by atoms with Gasteiger partial charge in [-0.3, -0.25) is 9.78 Å². The van der Waals surface area contributed by atoms with Crippen molar-refractivity contribution in [1.29, 1.82) is 0 Å². The standard InChI is InChI=1S/C28H38N6O5/c1-17-14-21-22(15-20(17)29-19-11-13-33(16-19)27(38)39-28(3,4)5)34(12-9-7-6-8-10-18(2)35)24-23(30-21)25(36)32-26(37)31-24/h14-15,19,29H,6-13,16H2,1-5H3,(H,32,36,37). The molecule has 0 aliphatic carbocycles. The van der Waals surface area contributed by atoms with Crippen LogP contribution >= 0.6 is 0 Å². The van der Waals surface area contributed by atoms with Gasteiger partial charge in [-0.05, 0) is 71.6 Å². The van der Waals surface area contributed by atoms with E-state index < -0.39 is 16.9 Å². The van der Waals surface area contributed by atoms with E-state index in [1.54, 1.807) is 11.8 Å². The smallest absolute Gasteiger partial charge is 0.410 e. The van der Waals surface area contributed by atoms with Gasteiger partial charge in [0.2, 0.25) is 0 Å². The van der Waals surface area contributed by atoms with Crippen molar-refractivity contribution in [3.8, 4) is 11.5 Å². The number of likely N-dealkylation sites (tertiary alicyclic amines) is 1. The number of nitrogens with one attached hydrogen (secondary N) is 2. The minimum atomic E-state index is -0.706. The van der Waals surface area contributed by atoms with E-state index in [0.717, 1.165) is 48.9 Å². The average molecular weight is 539 g/mol. The molecule has 2 N–H and O–H groups in total. The van der Waals surface area contributed by atoms with Crippen LogP contribution in [0.1, 0.15) is 71.8 Å². The molecule has 39 heavy (non-hydrogen) atoms. The number of carbonyl (C=O) groups is 2. The highest BCUT2D eigenvalue weighted by Gasteiger charge is 2.30. The van der Waals surface area contributed by atoms with Gasteiger partial charge in [0.1, 0.15) is 11.4 Å². The first kappa shape index (κ1) is 28.3. The van der Waals surface area contributed by atoms with Crippen molar-refractivity contribution < 1.29 is 14.3 Å². The van der Waals surface area contributed by atoms with E-state index in [4.69, 9.17) is 4.74 Å². The maximum absolute atomic E-state index is 12.6. The van der Waals surface area contributed by atoms with E-state index in [0.29, 0.717) is 31.6 Å². The molecular weight excluding hydrogens is 500 g/mol. The van der Waals surface area contributed by atoms with E-state index in [-0.39, 0.29) is 29.4 Å². The number of H-pyrrole nitrogens is 1. The Balaban J connectivity index is 1.61. The maximum atomic E-state index is 12.6. The molecule has 1 atom stereocenters. The van der Waals surface area contributed by atoms with Crippen molar-refractivity contribution in [2.45, 2.75) is 91.3 Å². The lowest BCUT2D eigenvalue weighted by Gasteiger charge is -2.25. The molecular formula is C28H38N6O5. The number of carbonyl (C=O) groups excluding carboxylic acids is 2. The van der Waals surface area contributed by atoms with E-state index in [1.165, 1.54) is 0 Å². The van der Waals surface area contributed by atoms with Gasteiger partial charge in [0.05, 0.1) is 11.0 Å². The third-order valence-corrected chi connectivity index (χ3v) is 6.82. The van der Waals surface area contributed by atoms with Crippen molar-refractivity contribution in [1.82, 2.24) is 24.4 Å². The topological polar surface area (TPSA) is 139 Å². The van der Waals surface area contributed by atoms with E-state index in [9.17, 15) is 19.2 Å². The van der Waals surface area contributed by atoms with Crippen LogP contribution in [0, 0.1) is 6.92 Å². The summed E-state index contributed by atoms with van der Waals surface area (Å²) >= 11 is 0. The zero-order valence-corrected chi connectivity index (χ0v) is 23.4. The highest BCUT2D eigenvalue weighted by Crippen LogP contribution is 2.29. The van der Waals surface area contributed by atoms with E-state index >= 15 is 0 Å².